The number of hydrogen-bond donors (Lipinski definition) is 3. The van der Waals surface area contributed by atoms with Gasteiger partial charge in [-0.05, 0) is 92.8 Å². The summed E-state index contributed by atoms with van der Waals surface area (Å²) in [7, 11) is 1.62. The van der Waals surface area contributed by atoms with Crippen LogP contribution in [0.25, 0.3) is 0 Å². The summed E-state index contributed by atoms with van der Waals surface area (Å²) in [6.45, 7) is 7.04. The molecule has 0 heterocycles. The van der Waals surface area contributed by atoms with Gasteiger partial charge in [-0.2, -0.15) is 0 Å². The average molecular weight is 624 g/mol. The summed E-state index contributed by atoms with van der Waals surface area (Å²) in [5.41, 5.74) is 8.38. The van der Waals surface area contributed by atoms with Gasteiger partial charge in [-0.15, -0.1) is 0 Å². The lowest BCUT2D eigenvalue weighted by Crippen LogP contribution is -2.52. The third-order valence-electron chi connectivity index (χ3n) is 9.12. The maximum Gasteiger partial charge on any atom is 0.249 e. The van der Waals surface area contributed by atoms with Crippen molar-refractivity contribution in [2.75, 3.05) is 26.7 Å². The van der Waals surface area contributed by atoms with Gasteiger partial charge in [-0.3, -0.25) is 9.59 Å². The number of fused-ring (bicyclic) bond motifs is 1. The molecule has 4 rings (SSSR count). The van der Waals surface area contributed by atoms with Gasteiger partial charge in [0.15, 0.2) is 0 Å². The zero-order valence-electron chi connectivity index (χ0n) is 26.9. The van der Waals surface area contributed by atoms with Gasteiger partial charge in [-0.25, -0.2) is 8.78 Å². The number of nitrogens with two attached hydrogens (primary N) is 1. The molecule has 2 aromatic carbocycles. The quantitative estimate of drug-likeness (QED) is 0.256. The topological polar surface area (TPSA) is 105 Å². The predicted octanol–water partition coefficient (Wildman–Crippen LogP) is 5.56. The summed E-state index contributed by atoms with van der Waals surface area (Å²) in [5.74, 6) is -2.53. The van der Waals surface area contributed by atoms with Crippen LogP contribution in [0.2, 0.25) is 0 Å². The Morgan fingerprint density at radius 1 is 1.13 bits per heavy atom. The molecular formula is C36H47F2N3O4. The highest BCUT2D eigenvalue weighted by molar-refractivity contribution is 5.97. The number of aliphatic hydroxyl groups excluding tert-OH is 1. The van der Waals surface area contributed by atoms with Crippen molar-refractivity contribution in [3.05, 3.63) is 88.0 Å². The normalized spacial score (nSPS) is 20.8. The first kappa shape index (κ1) is 34.3. The van der Waals surface area contributed by atoms with Gasteiger partial charge < -0.3 is 25.8 Å². The standard InChI is InChI=1S/C36H47F2N3O4/c1-5-12-41(13-6-2)34(43)26-14-23(3)20-36(21-26,35(39)44)31(17-24-15-27(37)18-28(38)16-24)33(42)22-40-32-9-7-8-25-10-11-29(45-4)19-30(25)32/h10-11,14-16,18-20,31-33,40,42H,5-9,12-13,17,21-22H2,1-4H3,(H2,39,44)/t31-,32?,33+,36?/m1/s1. The Labute approximate surface area is 265 Å². The molecule has 2 amide bonds. The van der Waals surface area contributed by atoms with Crippen LogP contribution < -0.4 is 15.8 Å². The highest BCUT2D eigenvalue weighted by atomic mass is 19.1. The van der Waals surface area contributed by atoms with E-state index < -0.39 is 35.0 Å². The van der Waals surface area contributed by atoms with E-state index in [4.69, 9.17) is 10.5 Å². The van der Waals surface area contributed by atoms with E-state index in [9.17, 15) is 23.5 Å². The molecular weight excluding hydrogens is 576 g/mol. The number of aliphatic hydroxyl groups is 1. The van der Waals surface area contributed by atoms with Crippen molar-refractivity contribution in [2.24, 2.45) is 17.1 Å². The second-order valence-electron chi connectivity index (χ2n) is 12.5. The number of hydrogen-bond acceptors (Lipinski definition) is 5. The van der Waals surface area contributed by atoms with Crippen molar-refractivity contribution in [3.8, 4) is 5.75 Å². The van der Waals surface area contributed by atoms with Crippen LogP contribution in [0, 0.1) is 23.0 Å². The highest BCUT2D eigenvalue weighted by Crippen LogP contribution is 2.45. The van der Waals surface area contributed by atoms with Crippen LogP contribution in [0.15, 0.2) is 59.7 Å². The van der Waals surface area contributed by atoms with Crippen LogP contribution in [-0.2, 0) is 22.4 Å². The first-order valence-corrected chi connectivity index (χ1v) is 16.0. The van der Waals surface area contributed by atoms with E-state index in [-0.39, 0.29) is 36.9 Å². The number of carbonyl (C=O) groups is 2. The molecule has 244 valence electrons. The van der Waals surface area contributed by atoms with Crippen molar-refractivity contribution >= 4 is 11.8 Å². The van der Waals surface area contributed by atoms with E-state index in [0.29, 0.717) is 24.2 Å². The zero-order chi connectivity index (χ0) is 32.7. The molecule has 0 saturated carbocycles. The van der Waals surface area contributed by atoms with Gasteiger partial charge in [0, 0.05) is 43.2 Å². The largest absolute Gasteiger partial charge is 0.497 e. The minimum absolute atomic E-state index is 0.0224. The number of aryl methyl sites for hydroxylation is 1. The summed E-state index contributed by atoms with van der Waals surface area (Å²) in [6, 6.07) is 9.14. The Balaban J connectivity index is 1.70. The van der Waals surface area contributed by atoms with Crippen molar-refractivity contribution in [3.63, 3.8) is 0 Å². The fraction of sp³-hybridized carbons (Fsp3) is 0.500. The SMILES string of the molecule is CCCN(CCC)C(=O)C1=CC(C)=CC(C(N)=O)([C@H](Cc2cc(F)cc(F)c2)[C@@H](O)CNC2CCCc3ccc(OC)cc32)C1. The number of amides is 2. The summed E-state index contributed by atoms with van der Waals surface area (Å²) in [5, 5.41) is 15.4. The second-order valence-corrected chi connectivity index (χ2v) is 12.5. The molecule has 7 nitrogen and oxygen atoms in total. The van der Waals surface area contributed by atoms with E-state index in [1.165, 1.54) is 17.7 Å². The molecule has 2 aliphatic carbocycles. The molecule has 2 unspecified atom stereocenters. The summed E-state index contributed by atoms with van der Waals surface area (Å²) in [4.78, 5) is 29.1. The van der Waals surface area contributed by atoms with Crippen molar-refractivity contribution in [2.45, 2.75) is 77.9 Å². The maximum atomic E-state index is 14.3. The molecule has 0 saturated heterocycles. The molecule has 0 radical (unpaired) electrons. The second kappa shape index (κ2) is 15.1. The summed E-state index contributed by atoms with van der Waals surface area (Å²) >= 11 is 0. The Bertz CT molecular complexity index is 1420. The number of methoxy groups -OCH3 is 1. The molecule has 0 fully saturated rings. The van der Waals surface area contributed by atoms with E-state index in [0.717, 1.165) is 49.5 Å². The van der Waals surface area contributed by atoms with Gasteiger partial charge in [0.25, 0.3) is 0 Å². The Hall–Kier alpha value is -3.56. The van der Waals surface area contributed by atoms with Crippen LogP contribution >= 0.6 is 0 Å². The number of allylic oxidation sites excluding steroid dienone is 2. The van der Waals surface area contributed by atoms with E-state index in [2.05, 4.69) is 11.4 Å². The minimum Gasteiger partial charge on any atom is -0.497 e. The molecule has 0 aliphatic heterocycles. The van der Waals surface area contributed by atoms with Crippen molar-refractivity contribution in [1.29, 1.82) is 0 Å². The number of halogens is 2. The molecule has 0 aromatic heterocycles. The van der Waals surface area contributed by atoms with Crippen molar-refractivity contribution in [1.82, 2.24) is 10.2 Å². The smallest absolute Gasteiger partial charge is 0.249 e. The highest BCUT2D eigenvalue weighted by Gasteiger charge is 2.48. The number of primary amides is 1. The summed E-state index contributed by atoms with van der Waals surface area (Å²) in [6.07, 6.45) is 6.61. The van der Waals surface area contributed by atoms with Gasteiger partial charge in [0.1, 0.15) is 17.4 Å². The Kier molecular flexibility index (Phi) is 11.6. The van der Waals surface area contributed by atoms with E-state index >= 15 is 0 Å². The van der Waals surface area contributed by atoms with Crippen molar-refractivity contribution < 1.29 is 28.2 Å². The molecule has 9 heteroatoms. The molecule has 4 N–H and O–H groups in total. The number of nitrogens with one attached hydrogen (secondary N) is 1. The van der Waals surface area contributed by atoms with Gasteiger partial charge in [0.2, 0.25) is 11.8 Å². The number of benzene rings is 2. The molecule has 0 spiro atoms. The number of rotatable bonds is 14. The van der Waals surface area contributed by atoms with Crippen LogP contribution in [0.3, 0.4) is 0 Å². The molecule has 2 aromatic rings. The van der Waals surface area contributed by atoms with E-state index in [1.54, 1.807) is 31.1 Å². The fourth-order valence-corrected chi connectivity index (χ4v) is 7.08. The lowest BCUT2D eigenvalue weighted by Gasteiger charge is -2.42. The van der Waals surface area contributed by atoms with Crippen LogP contribution in [0.4, 0.5) is 8.78 Å². The van der Waals surface area contributed by atoms with Gasteiger partial charge >= 0.3 is 0 Å². The lowest BCUT2D eigenvalue weighted by molar-refractivity contribution is -0.132. The minimum atomic E-state index is -1.48. The molecule has 0 bridgehead atoms. The Morgan fingerprint density at radius 3 is 2.44 bits per heavy atom. The number of ether oxygens (including phenoxy) is 1. The van der Waals surface area contributed by atoms with Crippen LogP contribution in [-0.4, -0.2) is 54.7 Å². The molecule has 4 atom stereocenters. The van der Waals surface area contributed by atoms with Gasteiger partial charge in [0.05, 0.1) is 18.6 Å². The molecule has 2 aliphatic rings. The zero-order valence-corrected chi connectivity index (χ0v) is 26.9. The third kappa shape index (κ3) is 8.00. The summed E-state index contributed by atoms with van der Waals surface area (Å²) < 4.78 is 34.1. The van der Waals surface area contributed by atoms with E-state index in [1.807, 2.05) is 26.0 Å². The third-order valence-corrected chi connectivity index (χ3v) is 9.12. The molecule has 45 heavy (non-hydrogen) atoms. The average Bonchev–Trinajstić information content (AvgIpc) is 3.00. The Morgan fingerprint density at radius 2 is 1.82 bits per heavy atom. The van der Waals surface area contributed by atoms with Crippen LogP contribution in [0.1, 0.15) is 75.6 Å². The maximum absolute atomic E-state index is 14.3. The predicted molar refractivity (Wildman–Crippen MR) is 171 cm³/mol. The van der Waals surface area contributed by atoms with Crippen LogP contribution in [0.5, 0.6) is 5.75 Å². The monoisotopic (exact) mass is 623 g/mol. The fourth-order valence-electron chi connectivity index (χ4n) is 7.08. The first-order chi connectivity index (χ1) is 21.5. The number of carbonyl (C=O) groups excluding carboxylic acids is 2. The number of nitrogens with zero attached hydrogens (tertiary/aromatic N) is 1. The van der Waals surface area contributed by atoms with Gasteiger partial charge in [-0.1, -0.05) is 37.6 Å². The lowest BCUT2D eigenvalue weighted by atomic mass is 9.63. The first-order valence-electron chi connectivity index (χ1n) is 16.0.